The van der Waals surface area contributed by atoms with Crippen LogP contribution in [0.4, 0.5) is 4.79 Å². The number of amides is 1. The van der Waals surface area contributed by atoms with Gasteiger partial charge in [-0.25, -0.2) is 4.79 Å². The number of aliphatic hydroxyl groups excluding tert-OH is 1. The van der Waals surface area contributed by atoms with Crippen LogP contribution in [0.3, 0.4) is 0 Å². The van der Waals surface area contributed by atoms with Crippen molar-refractivity contribution in [1.82, 2.24) is 5.32 Å². The molecule has 128 valence electrons. The Balaban J connectivity index is 2.01. The van der Waals surface area contributed by atoms with Gasteiger partial charge in [-0.2, -0.15) is 11.8 Å². The third kappa shape index (κ3) is 5.43. The summed E-state index contributed by atoms with van der Waals surface area (Å²) in [6.07, 6.45) is 1.31. The van der Waals surface area contributed by atoms with Crippen LogP contribution in [0.25, 0.3) is 0 Å². The molecule has 23 heavy (non-hydrogen) atoms. The minimum Gasteiger partial charge on any atom is -0.444 e. The molecule has 0 aliphatic heterocycles. The van der Waals surface area contributed by atoms with Gasteiger partial charge in [0.15, 0.2) is 0 Å². The van der Waals surface area contributed by atoms with E-state index < -0.39 is 5.60 Å². The zero-order valence-electron chi connectivity index (χ0n) is 14.2. The molecule has 2 rings (SSSR count). The normalized spacial score (nSPS) is 20.2. The summed E-state index contributed by atoms with van der Waals surface area (Å²) < 4.78 is 5.40. The minimum absolute atomic E-state index is 0.0730. The predicted octanol–water partition coefficient (Wildman–Crippen LogP) is 3.34. The summed E-state index contributed by atoms with van der Waals surface area (Å²) in [6, 6.07) is 8.47. The molecule has 0 radical (unpaired) electrons. The SMILES string of the molecule is CC(C)(C)OC(=O)NC1Cc2ccccc2[C@H]1CSCCCO. The van der Waals surface area contributed by atoms with Crippen LogP contribution in [-0.2, 0) is 11.2 Å². The Morgan fingerprint density at radius 2 is 2.13 bits per heavy atom. The average molecular weight is 337 g/mol. The molecular formula is C18H27NO3S. The van der Waals surface area contributed by atoms with Crippen molar-refractivity contribution in [3.63, 3.8) is 0 Å². The molecule has 0 fully saturated rings. The van der Waals surface area contributed by atoms with Crippen LogP contribution in [0, 0.1) is 0 Å². The van der Waals surface area contributed by atoms with Gasteiger partial charge in [0.1, 0.15) is 5.60 Å². The number of carbonyl (C=O) groups excluding carboxylic acids is 1. The van der Waals surface area contributed by atoms with Crippen molar-refractivity contribution in [2.45, 2.75) is 51.2 Å². The Labute approximate surface area is 143 Å². The molecular weight excluding hydrogens is 310 g/mol. The van der Waals surface area contributed by atoms with E-state index in [2.05, 4.69) is 23.5 Å². The zero-order chi connectivity index (χ0) is 16.9. The van der Waals surface area contributed by atoms with Gasteiger partial charge >= 0.3 is 6.09 Å². The minimum atomic E-state index is -0.485. The highest BCUT2D eigenvalue weighted by Crippen LogP contribution is 2.35. The molecule has 0 saturated heterocycles. The number of benzene rings is 1. The Kier molecular flexibility index (Phi) is 6.36. The van der Waals surface area contributed by atoms with Gasteiger partial charge in [0.2, 0.25) is 0 Å². The van der Waals surface area contributed by atoms with Gasteiger partial charge in [0.25, 0.3) is 0 Å². The number of rotatable bonds is 6. The fourth-order valence-electron chi connectivity index (χ4n) is 2.87. The van der Waals surface area contributed by atoms with Gasteiger partial charge in [-0.05, 0) is 50.5 Å². The lowest BCUT2D eigenvalue weighted by Crippen LogP contribution is -2.41. The van der Waals surface area contributed by atoms with Gasteiger partial charge in [-0.3, -0.25) is 0 Å². The second-order valence-electron chi connectivity index (χ2n) is 6.91. The zero-order valence-corrected chi connectivity index (χ0v) is 15.0. The van der Waals surface area contributed by atoms with E-state index in [1.54, 1.807) is 0 Å². The number of hydrogen-bond acceptors (Lipinski definition) is 4. The lowest BCUT2D eigenvalue weighted by atomic mass is 10.0. The molecule has 1 aliphatic rings. The van der Waals surface area contributed by atoms with Crippen molar-refractivity contribution in [1.29, 1.82) is 0 Å². The molecule has 0 saturated carbocycles. The van der Waals surface area contributed by atoms with Crippen LogP contribution in [0.5, 0.6) is 0 Å². The second kappa shape index (κ2) is 8.06. The molecule has 1 aromatic rings. The first kappa shape index (κ1) is 18.1. The molecule has 1 aliphatic carbocycles. The van der Waals surface area contributed by atoms with Crippen LogP contribution < -0.4 is 5.32 Å². The summed E-state index contributed by atoms with van der Waals surface area (Å²) in [5.74, 6) is 2.17. The number of hydrogen-bond donors (Lipinski definition) is 2. The van der Waals surface area contributed by atoms with Crippen molar-refractivity contribution < 1.29 is 14.6 Å². The predicted molar refractivity (Wildman–Crippen MR) is 95.1 cm³/mol. The van der Waals surface area contributed by atoms with E-state index in [1.807, 2.05) is 38.6 Å². The maximum Gasteiger partial charge on any atom is 0.407 e. The number of carbonyl (C=O) groups is 1. The summed E-state index contributed by atoms with van der Waals surface area (Å²) in [6.45, 7) is 5.85. The lowest BCUT2D eigenvalue weighted by molar-refractivity contribution is 0.0501. The fraction of sp³-hybridized carbons (Fsp3) is 0.611. The maximum absolute atomic E-state index is 12.1. The Morgan fingerprint density at radius 1 is 1.39 bits per heavy atom. The van der Waals surface area contributed by atoms with E-state index in [0.29, 0.717) is 5.92 Å². The summed E-state index contributed by atoms with van der Waals surface area (Å²) in [5.41, 5.74) is 2.15. The molecule has 1 amide bonds. The molecule has 0 aromatic heterocycles. The molecule has 1 aromatic carbocycles. The fourth-order valence-corrected chi connectivity index (χ4v) is 4.04. The van der Waals surface area contributed by atoms with Crippen LogP contribution in [0.15, 0.2) is 24.3 Å². The molecule has 2 N–H and O–H groups in total. The summed E-state index contributed by atoms with van der Waals surface area (Å²) in [7, 11) is 0. The summed E-state index contributed by atoms with van der Waals surface area (Å²) in [4.78, 5) is 12.1. The first-order chi connectivity index (χ1) is 10.9. The van der Waals surface area contributed by atoms with Gasteiger partial charge in [-0.1, -0.05) is 24.3 Å². The topological polar surface area (TPSA) is 58.6 Å². The number of nitrogens with one attached hydrogen (secondary N) is 1. The van der Waals surface area contributed by atoms with Gasteiger partial charge in [-0.15, -0.1) is 0 Å². The smallest absolute Gasteiger partial charge is 0.407 e. The second-order valence-corrected chi connectivity index (χ2v) is 8.06. The van der Waals surface area contributed by atoms with Crippen molar-refractivity contribution in [2.75, 3.05) is 18.1 Å². The first-order valence-electron chi connectivity index (χ1n) is 8.16. The molecule has 1 unspecified atom stereocenters. The van der Waals surface area contributed by atoms with E-state index in [4.69, 9.17) is 9.84 Å². The number of aliphatic hydroxyl groups is 1. The molecule has 0 bridgehead atoms. The van der Waals surface area contributed by atoms with Gasteiger partial charge < -0.3 is 15.2 Å². The quantitative estimate of drug-likeness (QED) is 0.782. The Hall–Kier alpha value is -1.20. The van der Waals surface area contributed by atoms with Crippen LogP contribution in [0.2, 0.25) is 0 Å². The highest BCUT2D eigenvalue weighted by molar-refractivity contribution is 7.99. The Bertz CT molecular complexity index is 527. The van der Waals surface area contributed by atoms with Crippen molar-refractivity contribution >= 4 is 17.9 Å². The van der Waals surface area contributed by atoms with E-state index >= 15 is 0 Å². The molecule has 5 heteroatoms. The molecule has 0 heterocycles. The van der Waals surface area contributed by atoms with Crippen molar-refractivity contribution in [3.05, 3.63) is 35.4 Å². The summed E-state index contributed by atoms with van der Waals surface area (Å²) in [5, 5.41) is 12.0. The van der Waals surface area contributed by atoms with Crippen LogP contribution in [0.1, 0.15) is 44.2 Å². The van der Waals surface area contributed by atoms with E-state index in [-0.39, 0.29) is 18.7 Å². The average Bonchev–Trinajstić information content (AvgIpc) is 2.79. The third-order valence-corrected chi connectivity index (χ3v) is 5.00. The highest BCUT2D eigenvalue weighted by atomic mass is 32.2. The Morgan fingerprint density at radius 3 is 2.83 bits per heavy atom. The third-order valence-electron chi connectivity index (χ3n) is 3.83. The lowest BCUT2D eigenvalue weighted by Gasteiger charge is -2.25. The summed E-state index contributed by atoms with van der Waals surface area (Å²) >= 11 is 1.83. The number of alkyl carbamates (subject to hydrolysis) is 1. The van der Waals surface area contributed by atoms with Crippen molar-refractivity contribution in [3.8, 4) is 0 Å². The first-order valence-corrected chi connectivity index (χ1v) is 9.32. The van der Waals surface area contributed by atoms with Gasteiger partial charge in [0, 0.05) is 24.3 Å². The standard InChI is InChI=1S/C18H27NO3S/c1-18(2,3)22-17(21)19-16-11-13-7-4-5-8-14(13)15(16)12-23-10-6-9-20/h4-5,7-8,15-16,20H,6,9-12H2,1-3H3,(H,19,21)/t15-,16?/m1/s1. The molecule has 2 atom stereocenters. The van der Waals surface area contributed by atoms with E-state index in [9.17, 15) is 4.79 Å². The monoisotopic (exact) mass is 337 g/mol. The molecule has 4 nitrogen and oxygen atoms in total. The number of ether oxygens (including phenoxy) is 1. The van der Waals surface area contributed by atoms with Crippen LogP contribution >= 0.6 is 11.8 Å². The number of fused-ring (bicyclic) bond motifs is 1. The van der Waals surface area contributed by atoms with Crippen LogP contribution in [-0.4, -0.2) is 41.0 Å². The molecule has 0 spiro atoms. The highest BCUT2D eigenvalue weighted by Gasteiger charge is 2.34. The van der Waals surface area contributed by atoms with Crippen molar-refractivity contribution in [2.24, 2.45) is 0 Å². The van der Waals surface area contributed by atoms with Gasteiger partial charge in [0.05, 0.1) is 0 Å². The van der Waals surface area contributed by atoms with E-state index in [0.717, 1.165) is 24.3 Å². The largest absolute Gasteiger partial charge is 0.444 e. The van der Waals surface area contributed by atoms with E-state index in [1.165, 1.54) is 11.1 Å². The maximum atomic E-state index is 12.1. The number of thioether (sulfide) groups is 1.